The maximum Gasteiger partial charge on any atom is 0.266 e. The number of aromatic nitrogens is 4. The molecule has 436 valence electrons. The van der Waals surface area contributed by atoms with Crippen LogP contribution >= 0.6 is 11.3 Å². The van der Waals surface area contributed by atoms with Crippen molar-refractivity contribution in [3.63, 3.8) is 0 Å². The van der Waals surface area contributed by atoms with Crippen LogP contribution in [0.1, 0.15) is 83.4 Å². The summed E-state index contributed by atoms with van der Waals surface area (Å²) in [5.74, 6) is -0.575. The molecule has 1 aliphatic carbocycles. The number of aliphatic hydroxyl groups is 1. The molecule has 2 saturated heterocycles. The topological polar surface area (TPSA) is 252 Å². The standard InChI is InChI=1S/C62H75N13O7S/c1-39-56(83-38-67-39)42-20-18-41(19-21-42)34-66-59(80)52-30-44(76)35-75(52)60(81)57(62(2,3)4)71-54(77)15-9-7-8-12-23-64-55(78)37-73-25-27-74(28-26-73)51-32-53(82-6)49(31-48(51)68-58(79)43(33-63)29-40-16-17-40)70-61-65-24-22-47(69-61)46-36-72(5)50-14-11-10-13-45(46)50/h10-11,13-14,18-22,24,29,31-32,36,38,40,44,52,57,76H,7-9,12,15-17,23,25-28,30,34-35,37H2,1-6H3,(H,64,78)(H,66,80)(H,68,79)(H,71,77)(H,65,69,70). The Labute approximate surface area is 488 Å². The minimum atomic E-state index is -0.912. The number of benzene rings is 3. The number of thiazole rings is 1. The first-order valence-corrected chi connectivity index (χ1v) is 29.4. The Morgan fingerprint density at radius 1 is 0.928 bits per heavy atom. The summed E-state index contributed by atoms with van der Waals surface area (Å²) in [4.78, 5) is 88.3. The molecule has 9 rings (SSSR count). The predicted molar refractivity (Wildman–Crippen MR) is 322 cm³/mol. The van der Waals surface area contributed by atoms with E-state index in [0.29, 0.717) is 67.9 Å². The van der Waals surface area contributed by atoms with Crippen molar-refractivity contribution < 1.29 is 33.8 Å². The average molecular weight is 1150 g/mol. The zero-order valence-electron chi connectivity index (χ0n) is 48.2. The van der Waals surface area contributed by atoms with Gasteiger partial charge in [0.1, 0.15) is 29.5 Å². The van der Waals surface area contributed by atoms with Gasteiger partial charge in [-0.25, -0.2) is 15.0 Å². The number of carbonyl (C=O) groups is 5. The van der Waals surface area contributed by atoms with Gasteiger partial charge in [0.15, 0.2) is 0 Å². The van der Waals surface area contributed by atoms with Gasteiger partial charge in [-0.15, -0.1) is 11.3 Å². The van der Waals surface area contributed by atoms with Crippen molar-refractivity contribution >= 4 is 74.8 Å². The summed E-state index contributed by atoms with van der Waals surface area (Å²) in [6, 6.07) is 21.8. The van der Waals surface area contributed by atoms with Gasteiger partial charge in [0.2, 0.25) is 29.6 Å². The number of piperazine rings is 1. The number of carbonyl (C=O) groups excluding carboxylic acids is 5. The molecule has 0 radical (unpaired) electrons. The summed E-state index contributed by atoms with van der Waals surface area (Å²) in [5.41, 5.74) is 8.57. The molecule has 3 atom stereocenters. The lowest BCUT2D eigenvalue weighted by Gasteiger charge is -2.37. The highest BCUT2D eigenvalue weighted by Crippen LogP contribution is 2.40. The second kappa shape index (κ2) is 26.8. The van der Waals surface area contributed by atoms with Crippen LogP contribution in [0.15, 0.2) is 96.3 Å². The summed E-state index contributed by atoms with van der Waals surface area (Å²) in [6.45, 7) is 10.8. The van der Waals surface area contributed by atoms with Crippen LogP contribution in [-0.4, -0.2) is 135 Å². The molecular formula is C62H75N13O7S. The van der Waals surface area contributed by atoms with Crippen molar-refractivity contribution in [3.8, 4) is 33.5 Å². The van der Waals surface area contributed by atoms with Crippen LogP contribution in [0.25, 0.3) is 32.6 Å². The molecule has 20 nitrogen and oxygen atoms in total. The van der Waals surface area contributed by atoms with Crippen molar-refractivity contribution in [2.45, 2.75) is 104 Å². The van der Waals surface area contributed by atoms with Crippen molar-refractivity contribution in [2.75, 3.05) is 68.5 Å². The molecule has 0 bridgehead atoms. The fraction of sp³-hybridized carbons (Fsp3) is 0.435. The van der Waals surface area contributed by atoms with Crippen LogP contribution in [0.2, 0.25) is 0 Å². The van der Waals surface area contributed by atoms with E-state index in [1.165, 1.54) is 4.90 Å². The number of aliphatic hydroxyl groups excluding tert-OH is 1. The predicted octanol–water partition coefficient (Wildman–Crippen LogP) is 7.62. The van der Waals surface area contributed by atoms with Gasteiger partial charge in [0.05, 0.1) is 58.6 Å². The van der Waals surface area contributed by atoms with Crippen LogP contribution in [0.4, 0.5) is 23.0 Å². The highest BCUT2D eigenvalue weighted by Gasteiger charge is 2.44. The smallest absolute Gasteiger partial charge is 0.266 e. The van der Waals surface area contributed by atoms with Crippen LogP contribution in [0.5, 0.6) is 5.75 Å². The minimum Gasteiger partial charge on any atom is -0.494 e. The molecule has 3 aromatic heterocycles. The van der Waals surface area contributed by atoms with E-state index in [4.69, 9.17) is 9.72 Å². The highest BCUT2D eigenvalue weighted by atomic mass is 32.1. The quantitative estimate of drug-likeness (QED) is 0.0205. The van der Waals surface area contributed by atoms with Crippen LogP contribution in [-0.2, 0) is 37.6 Å². The minimum absolute atomic E-state index is 0.00450. The van der Waals surface area contributed by atoms with Gasteiger partial charge in [-0.1, -0.05) is 82.2 Å². The van der Waals surface area contributed by atoms with E-state index in [-0.39, 0.29) is 61.7 Å². The fourth-order valence-corrected chi connectivity index (χ4v) is 11.5. The van der Waals surface area contributed by atoms with E-state index < -0.39 is 35.4 Å². The number of aryl methyl sites for hydroxylation is 2. The maximum absolute atomic E-state index is 14.1. The highest BCUT2D eigenvalue weighted by molar-refractivity contribution is 7.13. The van der Waals surface area contributed by atoms with Gasteiger partial charge in [-0.3, -0.25) is 28.9 Å². The Morgan fingerprint density at radius 3 is 2.40 bits per heavy atom. The number of nitriles is 1. The zero-order chi connectivity index (χ0) is 58.8. The number of para-hydroxylation sites is 1. The summed E-state index contributed by atoms with van der Waals surface area (Å²) in [6.07, 6.45) is 9.67. The molecule has 83 heavy (non-hydrogen) atoms. The van der Waals surface area contributed by atoms with E-state index in [9.17, 15) is 34.3 Å². The number of rotatable bonds is 23. The molecule has 1 saturated carbocycles. The molecule has 21 heteroatoms. The lowest BCUT2D eigenvalue weighted by molar-refractivity contribution is -0.144. The first-order valence-electron chi connectivity index (χ1n) is 28.5. The first-order chi connectivity index (χ1) is 40.0. The van der Waals surface area contributed by atoms with Gasteiger partial charge in [-0.05, 0) is 73.3 Å². The van der Waals surface area contributed by atoms with E-state index >= 15 is 0 Å². The number of amides is 5. The number of anilines is 4. The van der Waals surface area contributed by atoms with Gasteiger partial charge < -0.3 is 50.8 Å². The number of fused-ring (bicyclic) bond motifs is 1. The Balaban J connectivity index is 0.722. The average Bonchev–Trinajstić information content (AvgIpc) is 4.19. The molecule has 2 aliphatic heterocycles. The van der Waals surface area contributed by atoms with Crippen LogP contribution in [0, 0.1) is 29.6 Å². The van der Waals surface area contributed by atoms with Crippen molar-refractivity contribution in [1.82, 2.24) is 45.3 Å². The third-order valence-electron chi connectivity index (χ3n) is 15.5. The van der Waals surface area contributed by atoms with Crippen molar-refractivity contribution in [2.24, 2.45) is 18.4 Å². The number of unbranched alkanes of at least 4 members (excludes halogenated alkanes) is 3. The lowest BCUT2D eigenvalue weighted by Crippen LogP contribution is -2.57. The number of β-amino-alcohol motifs (C(OH)–C–C–N with tert-alkyl or cyclic N) is 1. The SMILES string of the molecule is COc1cc(N2CCN(CC(=O)NCCCCCCC(=O)NC(C(=O)N3CC(O)CC3C(=O)NCc3ccc(-c4scnc4C)cc3)C(C)(C)C)CC2)c(NC(=O)C(C#N)=CC2CC2)cc1Nc1nccc(-c2cn(C)c3ccccc23)n1. The summed E-state index contributed by atoms with van der Waals surface area (Å²) in [7, 11) is 3.57. The van der Waals surface area contributed by atoms with Crippen LogP contribution in [0.3, 0.4) is 0 Å². The second-order valence-corrected chi connectivity index (χ2v) is 23.7. The number of nitrogens with zero attached hydrogens (tertiary/aromatic N) is 8. The Bertz CT molecular complexity index is 3390. The van der Waals surface area contributed by atoms with E-state index in [1.807, 2.05) is 95.0 Å². The fourth-order valence-electron chi connectivity index (χ4n) is 10.7. The number of likely N-dealkylation sites (tertiary alicyclic amines) is 1. The van der Waals surface area contributed by atoms with Gasteiger partial charge in [-0.2, -0.15) is 5.26 Å². The molecule has 0 spiro atoms. The summed E-state index contributed by atoms with van der Waals surface area (Å²) >= 11 is 1.57. The summed E-state index contributed by atoms with van der Waals surface area (Å²) < 4.78 is 7.98. The Hall–Kier alpha value is -8.19. The zero-order valence-corrected chi connectivity index (χ0v) is 49.0. The molecular weight excluding hydrogens is 1070 g/mol. The molecule has 3 unspecified atom stereocenters. The van der Waals surface area contributed by atoms with E-state index in [0.717, 1.165) is 76.0 Å². The third kappa shape index (κ3) is 15.1. The molecule has 5 heterocycles. The molecule has 5 amide bonds. The monoisotopic (exact) mass is 1150 g/mol. The number of hydrogen-bond donors (Lipinski definition) is 6. The van der Waals surface area contributed by atoms with Crippen molar-refractivity contribution in [3.05, 3.63) is 108 Å². The van der Waals surface area contributed by atoms with Crippen LogP contribution < -0.4 is 36.2 Å². The summed E-state index contributed by atoms with van der Waals surface area (Å²) in [5, 5.41) is 36.9. The normalized spacial score (nSPS) is 17.0. The Morgan fingerprint density at radius 2 is 1.69 bits per heavy atom. The second-order valence-electron chi connectivity index (χ2n) is 22.8. The largest absolute Gasteiger partial charge is 0.494 e. The first kappa shape index (κ1) is 59.4. The number of ether oxygens (including phenoxy) is 1. The van der Waals surface area contributed by atoms with Crippen molar-refractivity contribution in [1.29, 1.82) is 5.26 Å². The number of methoxy groups -OCH3 is 1. The molecule has 3 fully saturated rings. The van der Waals surface area contributed by atoms with E-state index in [2.05, 4.69) is 69.1 Å². The molecule has 6 N–H and O–H groups in total. The maximum atomic E-state index is 14.1. The van der Waals surface area contributed by atoms with Gasteiger partial charge in [0.25, 0.3) is 5.91 Å². The van der Waals surface area contributed by atoms with Gasteiger partial charge >= 0.3 is 0 Å². The number of nitrogens with one attached hydrogen (secondary N) is 5. The lowest BCUT2D eigenvalue weighted by atomic mass is 9.85. The molecule has 3 aromatic carbocycles. The van der Waals surface area contributed by atoms with Gasteiger partial charge in [0, 0.05) is 101 Å². The number of hydrogen-bond acceptors (Lipinski definition) is 15. The Kier molecular flexibility index (Phi) is 19.2. The third-order valence-corrected chi connectivity index (χ3v) is 16.5. The van der Waals surface area contributed by atoms with E-state index in [1.54, 1.807) is 36.8 Å². The number of allylic oxidation sites excluding steroid dienone is 1. The molecule has 3 aliphatic rings. The molecule has 6 aromatic rings.